The Morgan fingerprint density at radius 3 is 2.75 bits per heavy atom. The zero-order valence-corrected chi connectivity index (χ0v) is 12.4. The van der Waals surface area contributed by atoms with Crippen LogP contribution in [0.2, 0.25) is 0 Å². The summed E-state index contributed by atoms with van der Waals surface area (Å²) in [5.74, 6) is 0.703. The molecule has 2 rings (SSSR count). The normalized spacial score (nSPS) is 15.8. The van der Waals surface area contributed by atoms with E-state index in [1.165, 1.54) is 19.3 Å². The monoisotopic (exact) mass is 275 g/mol. The molecule has 1 fully saturated rings. The smallest absolute Gasteiger partial charge is 0.410 e. The summed E-state index contributed by atoms with van der Waals surface area (Å²) in [6.45, 7) is 2.17. The molecule has 3 nitrogen and oxygen atoms in total. The minimum Gasteiger partial charge on any atom is -0.410 e. The zero-order chi connectivity index (χ0) is 14.2. The van der Waals surface area contributed by atoms with Crippen LogP contribution in [-0.4, -0.2) is 12.1 Å². The maximum absolute atomic E-state index is 12.0. The van der Waals surface area contributed by atoms with Crippen LogP contribution in [0.4, 0.5) is 4.79 Å². The molecule has 0 bridgehead atoms. The molecule has 0 atom stereocenters. The zero-order valence-electron chi connectivity index (χ0n) is 12.4. The maximum Gasteiger partial charge on any atom is 0.412 e. The largest absolute Gasteiger partial charge is 0.412 e. The van der Waals surface area contributed by atoms with Crippen LogP contribution in [0, 0.1) is 0 Å². The molecule has 110 valence electrons. The first-order chi connectivity index (χ1) is 9.79. The van der Waals surface area contributed by atoms with E-state index in [2.05, 4.69) is 12.2 Å². The number of ether oxygens (including phenoxy) is 1. The summed E-state index contributed by atoms with van der Waals surface area (Å²) >= 11 is 0. The predicted octanol–water partition coefficient (Wildman–Crippen LogP) is 4.45. The maximum atomic E-state index is 12.0. The van der Waals surface area contributed by atoms with Crippen molar-refractivity contribution in [3.63, 3.8) is 0 Å². The summed E-state index contributed by atoms with van der Waals surface area (Å²) in [5.41, 5.74) is 1.12. The molecular formula is C17H25NO2. The quantitative estimate of drug-likeness (QED) is 0.862. The van der Waals surface area contributed by atoms with E-state index in [9.17, 15) is 4.79 Å². The van der Waals surface area contributed by atoms with E-state index in [1.54, 1.807) is 0 Å². The van der Waals surface area contributed by atoms with Gasteiger partial charge >= 0.3 is 6.09 Å². The Morgan fingerprint density at radius 1 is 1.25 bits per heavy atom. The van der Waals surface area contributed by atoms with Gasteiger partial charge in [0, 0.05) is 6.04 Å². The summed E-state index contributed by atoms with van der Waals surface area (Å²) < 4.78 is 5.50. The highest BCUT2D eigenvalue weighted by Crippen LogP contribution is 2.21. The number of carbonyl (C=O) groups excluding carboxylic acids is 1. The average Bonchev–Trinajstić information content (AvgIpc) is 2.47. The molecule has 1 saturated carbocycles. The Kier molecular flexibility index (Phi) is 5.90. The van der Waals surface area contributed by atoms with Crippen LogP contribution in [0.25, 0.3) is 0 Å². The summed E-state index contributed by atoms with van der Waals surface area (Å²) in [5, 5.41) is 2.99. The lowest BCUT2D eigenvalue weighted by Crippen LogP contribution is -2.38. The fourth-order valence-electron chi connectivity index (χ4n) is 2.72. The van der Waals surface area contributed by atoms with Crippen LogP contribution in [0.15, 0.2) is 24.3 Å². The van der Waals surface area contributed by atoms with E-state index < -0.39 is 0 Å². The molecule has 1 amide bonds. The van der Waals surface area contributed by atoms with E-state index in [-0.39, 0.29) is 6.09 Å². The molecule has 0 aromatic heterocycles. The van der Waals surface area contributed by atoms with Gasteiger partial charge in [-0.25, -0.2) is 4.79 Å². The molecule has 0 spiro atoms. The number of aryl methyl sites for hydroxylation is 1. The predicted molar refractivity (Wildman–Crippen MR) is 81.1 cm³/mol. The lowest BCUT2D eigenvalue weighted by molar-refractivity contribution is 0.191. The molecule has 0 heterocycles. The van der Waals surface area contributed by atoms with Crippen molar-refractivity contribution in [2.75, 3.05) is 0 Å². The Morgan fingerprint density at radius 2 is 2.00 bits per heavy atom. The van der Waals surface area contributed by atoms with Gasteiger partial charge in [0.05, 0.1) is 0 Å². The van der Waals surface area contributed by atoms with Crippen molar-refractivity contribution in [1.29, 1.82) is 0 Å². The fraction of sp³-hybridized carbons (Fsp3) is 0.588. The molecule has 1 N–H and O–H groups in total. The first-order valence-electron chi connectivity index (χ1n) is 7.86. The third-order valence-electron chi connectivity index (χ3n) is 3.90. The van der Waals surface area contributed by atoms with Crippen LogP contribution in [0.5, 0.6) is 5.75 Å². The molecule has 20 heavy (non-hydrogen) atoms. The van der Waals surface area contributed by atoms with Gasteiger partial charge in [-0.05, 0) is 37.3 Å². The van der Waals surface area contributed by atoms with Crippen molar-refractivity contribution in [3.05, 3.63) is 29.8 Å². The van der Waals surface area contributed by atoms with Crippen LogP contribution in [0.3, 0.4) is 0 Å². The van der Waals surface area contributed by atoms with Crippen molar-refractivity contribution >= 4 is 6.09 Å². The van der Waals surface area contributed by atoms with Crippen LogP contribution in [-0.2, 0) is 6.42 Å². The van der Waals surface area contributed by atoms with E-state index in [0.717, 1.165) is 37.7 Å². The van der Waals surface area contributed by atoms with E-state index in [0.29, 0.717) is 11.8 Å². The first kappa shape index (κ1) is 14.9. The Labute approximate surface area is 121 Å². The molecule has 1 aromatic carbocycles. The molecule has 0 unspecified atom stereocenters. The van der Waals surface area contributed by atoms with Crippen molar-refractivity contribution in [2.24, 2.45) is 0 Å². The SMILES string of the molecule is CCCCc1ccccc1OC(=O)NC1CCCCC1. The number of nitrogens with one attached hydrogen (secondary N) is 1. The lowest BCUT2D eigenvalue weighted by Gasteiger charge is -2.22. The summed E-state index contributed by atoms with van der Waals surface area (Å²) in [4.78, 5) is 12.0. The number of hydrogen-bond acceptors (Lipinski definition) is 2. The summed E-state index contributed by atoms with van der Waals surface area (Å²) in [7, 11) is 0. The molecular weight excluding hydrogens is 250 g/mol. The van der Waals surface area contributed by atoms with Crippen LogP contribution in [0.1, 0.15) is 57.4 Å². The Hall–Kier alpha value is -1.51. The van der Waals surface area contributed by atoms with Crippen molar-refractivity contribution in [2.45, 2.75) is 64.3 Å². The molecule has 1 aliphatic carbocycles. The molecule has 0 radical (unpaired) electrons. The molecule has 0 aliphatic heterocycles. The number of hydrogen-bond donors (Lipinski definition) is 1. The highest BCUT2D eigenvalue weighted by atomic mass is 16.6. The summed E-state index contributed by atoms with van der Waals surface area (Å²) in [6.07, 6.45) is 8.76. The number of amides is 1. The Balaban J connectivity index is 1.89. The first-order valence-corrected chi connectivity index (χ1v) is 7.86. The van der Waals surface area contributed by atoms with Gasteiger partial charge in [-0.2, -0.15) is 0 Å². The van der Waals surface area contributed by atoms with Crippen LogP contribution >= 0.6 is 0 Å². The second-order valence-corrected chi connectivity index (χ2v) is 5.58. The van der Waals surface area contributed by atoms with Gasteiger partial charge in [-0.3, -0.25) is 0 Å². The Bertz CT molecular complexity index is 425. The number of unbranched alkanes of at least 4 members (excludes halogenated alkanes) is 1. The van der Waals surface area contributed by atoms with Gasteiger partial charge in [0.2, 0.25) is 0 Å². The average molecular weight is 275 g/mol. The third kappa shape index (κ3) is 4.55. The van der Waals surface area contributed by atoms with Gasteiger partial charge in [-0.15, -0.1) is 0 Å². The molecule has 0 saturated heterocycles. The number of carbonyl (C=O) groups is 1. The van der Waals surface area contributed by atoms with Crippen molar-refractivity contribution < 1.29 is 9.53 Å². The van der Waals surface area contributed by atoms with E-state index in [4.69, 9.17) is 4.74 Å². The van der Waals surface area contributed by atoms with Gasteiger partial charge < -0.3 is 10.1 Å². The van der Waals surface area contributed by atoms with Crippen molar-refractivity contribution in [1.82, 2.24) is 5.32 Å². The van der Waals surface area contributed by atoms with E-state index in [1.807, 2.05) is 24.3 Å². The van der Waals surface area contributed by atoms with Gasteiger partial charge in [-0.1, -0.05) is 50.8 Å². The van der Waals surface area contributed by atoms with Gasteiger partial charge in [0.25, 0.3) is 0 Å². The number of rotatable bonds is 5. The molecule has 1 aromatic rings. The minimum absolute atomic E-state index is 0.291. The fourth-order valence-corrected chi connectivity index (χ4v) is 2.72. The minimum atomic E-state index is -0.305. The van der Waals surface area contributed by atoms with Crippen LogP contribution < -0.4 is 10.1 Å². The highest BCUT2D eigenvalue weighted by Gasteiger charge is 2.17. The van der Waals surface area contributed by atoms with Crippen molar-refractivity contribution in [3.8, 4) is 5.75 Å². The molecule has 3 heteroatoms. The standard InChI is InChI=1S/C17H25NO2/c1-2-3-9-14-10-7-8-13-16(14)20-17(19)18-15-11-5-4-6-12-15/h7-8,10,13,15H,2-6,9,11-12H2,1H3,(H,18,19). The van der Waals surface area contributed by atoms with Gasteiger partial charge in [0.1, 0.15) is 5.75 Å². The van der Waals surface area contributed by atoms with Gasteiger partial charge in [0.15, 0.2) is 0 Å². The number of benzene rings is 1. The highest BCUT2D eigenvalue weighted by molar-refractivity contribution is 5.71. The topological polar surface area (TPSA) is 38.3 Å². The second-order valence-electron chi connectivity index (χ2n) is 5.58. The molecule has 1 aliphatic rings. The third-order valence-corrected chi connectivity index (χ3v) is 3.90. The van der Waals surface area contributed by atoms with E-state index >= 15 is 0 Å². The lowest BCUT2D eigenvalue weighted by atomic mass is 9.96. The number of para-hydroxylation sites is 1. The second kappa shape index (κ2) is 7.93. The summed E-state index contributed by atoms with van der Waals surface area (Å²) in [6, 6.07) is 8.12.